The number of nitriles is 1. The lowest BCUT2D eigenvalue weighted by Crippen LogP contribution is -2.55. The quantitative estimate of drug-likeness (QED) is 0.615. The Bertz CT molecular complexity index is 596. The second-order valence-electron chi connectivity index (χ2n) is 5.70. The third kappa shape index (κ3) is 2.69. The standard InChI is InChI=1S/C15H18N4O2/c16-10-12-4-5-14(15(9-12)19(20)21)18-8-7-17-6-2-1-3-13(17)11-18/h4-5,9,13H,1-3,6-8,11H2. The van der Waals surface area contributed by atoms with E-state index in [1.54, 1.807) is 12.1 Å². The predicted octanol–water partition coefficient (Wildman–Crippen LogP) is 2.14. The monoisotopic (exact) mass is 286 g/mol. The van der Waals surface area contributed by atoms with Gasteiger partial charge in [-0.25, -0.2) is 0 Å². The lowest BCUT2D eigenvalue weighted by Gasteiger charge is -2.44. The summed E-state index contributed by atoms with van der Waals surface area (Å²) in [6.45, 7) is 3.76. The maximum Gasteiger partial charge on any atom is 0.293 e. The SMILES string of the molecule is N#Cc1ccc(N2CCN3CCCCC3C2)c([N+](=O)[O-])c1. The molecule has 0 saturated carbocycles. The molecule has 0 bridgehead atoms. The molecule has 2 aliphatic heterocycles. The molecule has 1 aromatic carbocycles. The molecule has 1 aromatic rings. The Morgan fingerprint density at radius 3 is 2.90 bits per heavy atom. The van der Waals surface area contributed by atoms with Crippen molar-refractivity contribution in [2.45, 2.75) is 25.3 Å². The normalized spacial score (nSPS) is 22.4. The molecule has 6 nitrogen and oxygen atoms in total. The van der Waals surface area contributed by atoms with E-state index in [-0.39, 0.29) is 10.6 Å². The molecule has 2 heterocycles. The van der Waals surface area contributed by atoms with Gasteiger partial charge in [-0.3, -0.25) is 15.0 Å². The van der Waals surface area contributed by atoms with E-state index in [1.807, 2.05) is 6.07 Å². The third-order valence-corrected chi connectivity index (χ3v) is 4.48. The minimum atomic E-state index is -0.385. The van der Waals surface area contributed by atoms with Crippen LogP contribution >= 0.6 is 0 Å². The lowest BCUT2D eigenvalue weighted by molar-refractivity contribution is -0.384. The zero-order valence-corrected chi connectivity index (χ0v) is 11.9. The van der Waals surface area contributed by atoms with Gasteiger partial charge in [0.25, 0.3) is 5.69 Å². The Morgan fingerprint density at radius 1 is 1.29 bits per heavy atom. The summed E-state index contributed by atoms with van der Waals surface area (Å²) in [4.78, 5) is 15.5. The molecule has 0 aromatic heterocycles. The molecule has 0 spiro atoms. The van der Waals surface area contributed by atoms with Crippen molar-refractivity contribution in [1.82, 2.24) is 4.90 Å². The summed E-state index contributed by atoms with van der Waals surface area (Å²) in [5.74, 6) is 0. The average molecular weight is 286 g/mol. The van der Waals surface area contributed by atoms with Crippen LogP contribution in [0.1, 0.15) is 24.8 Å². The van der Waals surface area contributed by atoms with Crippen molar-refractivity contribution in [3.8, 4) is 6.07 Å². The van der Waals surface area contributed by atoms with Gasteiger partial charge < -0.3 is 4.90 Å². The van der Waals surface area contributed by atoms with Gasteiger partial charge in [0.2, 0.25) is 0 Å². The van der Waals surface area contributed by atoms with E-state index in [9.17, 15) is 10.1 Å². The Morgan fingerprint density at radius 2 is 2.14 bits per heavy atom. The van der Waals surface area contributed by atoms with Crippen LogP contribution in [0.3, 0.4) is 0 Å². The van der Waals surface area contributed by atoms with Crippen molar-refractivity contribution < 1.29 is 4.92 Å². The fourth-order valence-electron chi connectivity index (χ4n) is 3.38. The Balaban J connectivity index is 1.86. The summed E-state index contributed by atoms with van der Waals surface area (Å²) in [5.41, 5.74) is 1.02. The number of piperazine rings is 1. The fraction of sp³-hybridized carbons (Fsp3) is 0.533. The molecule has 1 atom stereocenters. The number of hydrogen-bond acceptors (Lipinski definition) is 5. The summed E-state index contributed by atoms with van der Waals surface area (Å²) < 4.78 is 0. The third-order valence-electron chi connectivity index (χ3n) is 4.48. The number of nitro groups is 1. The molecule has 0 aliphatic carbocycles. The summed E-state index contributed by atoms with van der Waals surface area (Å²) in [7, 11) is 0. The van der Waals surface area contributed by atoms with Gasteiger partial charge in [0.05, 0.1) is 16.6 Å². The van der Waals surface area contributed by atoms with Crippen LogP contribution in [0.15, 0.2) is 18.2 Å². The number of rotatable bonds is 2. The van der Waals surface area contributed by atoms with E-state index in [1.165, 1.54) is 25.3 Å². The van der Waals surface area contributed by atoms with Gasteiger partial charge in [0, 0.05) is 31.7 Å². The highest BCUT2D eigenvalue weighted by Crippen LogP contribution is 2.32. The molecule has 6 heteroatoms. The fourth-order valence-corrected chi connectivity index (χ4v) is 3.38. The van der Waals surface area contributed by atoms with Crippen molar-refractivity contribution in [1.29, 1.82) is 5.26 Å². The zero-order valence-electron chi connectivity index (χ0n) is 11.9. The van der Waals surface area contributed by atoms with Gasteiger partial charge in [-0.2, -0.15) is 5.26 Å². The first-order valence-corrected chi connectivity index (χ1v) is 7.36. The lowest BCUT2D eigenvalue weighted by atomic mass is 9.99. The van der Waals surface area contributed by atoms with Crippen LogP contribution in [0.5, 0.6) is 0 Å². The van der Waals surface area contributed by atoms with E-state index in [0.29, 0.717) is 17.3 Å². The minimum absolute atomic E-state index is 0.0401. The Labute approximate surface area is 123 Å². The highest BCUT2D eigenvalue weighted by Gasteiger charge is 2.31. The molecule has 2 saturated heterocycles. The van der Waals surface area contributed by atoms with Gasteiger partial charge in [-0.1, -0.05) is 6.42 Å². The van der Waals surface area contributed by atoms with Crippen molar-refractivity contribution in [3.05, 3.63) is 33.9 Å². The number of anilines is 1. The predicted molar refractivity (Wildman–Crippen MR) is 79.2 cm³/mol. The molecular weight excluding hydrogens is 268 g/mol. The van der Waals surface area contributed by atoms with Gasteiger partial charge in [0.15, 0.2) is 0 Å². The molecule has 1 unspecified atom stereocenters. The van der Waals surface area contributed by atoms with Crippen LogP contribution in [-0.2, 0) is 0 Å². The maximum atomic E-state index is 11.3. The Hall–Kier alpha value is -2.13. The zero-order chi connectivity index (χ0) is 14.8. The molecule has 21 heavy (non-hydrogen) atoms. The average Bonchev–Trinajstić information content (AvgIpc) is 2.53. The first-order chi connectivity index (χ1) is 10.2. The summed E-state index contributed by atoms with van der Waals surface area (Å²) in [6, 6.07) is 7.23. The number of hydrogen-bond donors (Lipinski definition) is 0. The molecular formula is C15H18N4O2. The smallest absolute Gasteiger partial charge is 0.293 e. The molecule has 0 N–H and O–H groups in total. The molecule has 0 amide bonds. The first kappa shape index (κ1) is 13.8. The van der Waals surface area contributed by atoms with Crippen molar-refractivity contribution in [2.24, 2.45) is 0 Å². The molecule has 3 rings (SSSR count). The second kappa shape index (κ2) is 5.70. The van der Waals surface area contributed by atoms with Crippen LogP contribution < -0.4 is 4.90 Å². The van der Waals surface area contributed by atoms with E-state index < -0.39 is 0 Å². The number of benzene rings is 1. The van der Waals surface area contributed by atoms with Gasteiger partial charge >= 0.3 is 0 Å². The number of nitro benzene ring substituents is 1. The number of fused-ring (bicyclic) bond motifs is 1. The van der Waals surface area contributed by atoms with Gasteiger partial charge in [0.1, 0.15) is 5.69 Å². The van der Waals surface area contributed by atoms with E-state index in [4.69, 9.17) is 5.26 Å². The van der Waals surface area contributed by atoms with Crippen LogP contribution in [0.2, 0.25) is 0 Å². The number of piperidine rings is 1. The molecule has 2 fully saturated rings. The van der Waals surface area contributed by atoms with Crippen LogP contribution in [-0.4, -0.2) is 42.0 Å². The van der Waals surface area contributed by atoms with Crippen LogP contribution in [0.25, 0.3) is 0 Å². The highest BCUT2D eigenvalue weighted by atomic mass is 16.6. The first-order valence-electron chi connectivity index (χ1n) is 7.36. The van der Waals surface area contributed by atoms with E-state index in [2.05, 4.69) is 9.80 Å². The topological polar surface area (TPSA) is 73.4 Å². The maximum absolute atomic E-state index is 11.3. The largest absolute Gasteiger partial charge is 0.363 e. The summed E-state index contributed by atoms with van der Waals surface area (Å²) in [6.07, 6.45) is 3.67. The molecule has 110 valence electrons. The van der Waals surface area contributed by atoms with Crippen molar-refractivity contribution in [3.63, 3.8) is 0 Å². The Kier molecular flexibility index (Phi) is 3.76. The minimum Gasteiger partial charge on any atom is -0.363 e. The number of nitrogens with zero attached hydrogens (tertiary/aromatic N) is 4. The van der Waals surface area contributed by atoms with Crippen molar-refractivity contribution >= 4 is 11.4 Å². The highest BCUT2D eigenvalue weighted by molar-refractivity contribution is 5.66. The van der Waals surface area contributed by atoms with Crippen molar-refractivity contribution in [2.75, 3.05) is 31.1 Å². The molecule has 2 aliphatic rings. The van der Waals surface area contributed by atoms with Gasteiger partial charge in [-0.05, 0) is 31.5 Å². The van der Waals surface area contributed by atoms with E-state index >= 15 is 0 Å². The van der Waals surface area contributed by atoms with Gasteiger partial charge in [-0.15, -0.1) is 0 Å². The van der Waals surface area contributed by atoms with E-state index in [0.717, 1.165) is 26.2 Å². The second-order valence-corrected chi connectivity index (χ2v) is 5.70. The molecule has 0 radical (unpaired) electrons. The van der Waals surface area contributed by atoms with Crippen LogP contribution in [0.4, 0.5) is 11.4 Å². The summed E-state index contributed by atoms with van der Waals surface area (Å²) >= 11 is 0. The van der Waals surface area contributed by atoms with Crippen LogP contribution in [0, 0.1) is 21.4 Å². The summed E-state index contributed by atoms with van der Waals surface area (Å²) in [5, 5.41) is 20.2.